The minimum atomic E-state index is -0.231. The normalized spacial score (nSPS) is 23.6. The van der Waals surface area contributed by atoms with Gasteiger partial charge in [-0.1, -0.05) is 19.1 Å². The van der Waals surface area contributed by atoms with E-state index in [4.69, 9.17) is 0 Å². The third-order valence-corrected chi connectivity index (χ3v) is 6.00. The van der Waals surface area contributed by atoms with Gasteiger partial charge in [0.1, 0.15) is 5.82 Å². The van der Waals surface area contributed by atoms with E-state index >= 15 is 0 Å². The molecule has 0 fully saturated rings. The van der Waals surface area contributed by atoms with Gasteiger partial charge in [-0.2, -0.15) is 0 Å². The number of carbonyl (C=O) groups excluding carboxylic acids is 1. The lowest BCUT2D eigenvalue weighted by molar-refractivity contribution is -0.116. The smallest absolute Gasteiger partial charge is 0.225 e. The van der Waals surface area contributed by atoms with Crippen molar-refractivity contribution in [3.63, 3.8) is 0 Å². The Morgan fingerprint density at radius 2 is 2.00 bits per heavy atom. The van der Waals surface area contributed by atoms with Crippen LogP contribution in [0.25, 0.3) is 0 Å². The fourth-order valence-corrected chi connectivity index (χ4v) is 5.17. The van der Waals surface area contributed by atoms with Gasteiger partial charge in [0, 0.05) is 17.2 Å². The standard InChI is InChI=1S/C18H18FNOS/c1-10-2-7-13-15(8-10)22-18-17(13)14(9-16(21)20-18)11-3-5-12(19)6-4-11/h3-6,10,14H,2,7-9H2,1H3,(H,20,21). The molecule has 1 aliphatic carbocycles. The summed E-state index contributed by atoms with van der Waals surface area (Å²) in [6.07, 6.45) is 3.87. The van der Waals surface area contributed by atoms with Gasteiger partial charge in [0.05, 0.1) is 5.00 Å². The zero-order chi connectivity index (χ0) is 15.3. The summed E-state index contributed by atoms with van der Waals surface area (Å²) in [5, 5.41) is 4.07. The van der Waals surface area contributed by atoms with Crippen molar-refractivity contribution in [2.75, 3.05) is 5.32 Å². The molecule has 114 valence electrons. The van der Waals surface area contributed by atoms with Gasteiger partial charge in [0.25, 0.3) is 0 Å². The molecule has 4 rings (SSSR count). The second kappa shape index (κ2) is 5.20. The third-order valence-electron chi connectivity index (χ3n) is 4.82. The second-order valence-electron chi connectivity index (χ2n) is 6.45. The van der Waals surface area contributed by atoms with Crippen LogP contribution in [0, 0.1) is 11.7 Å². The lowest BCUT2D eigenvalue weighted by Gasteiger charge is -2.26. The molecule has 2 unspecified atom stereocenters. The van der Waals surface area contributed by atoms with Crippen molar-refractivity contribution < 1.29 is 9.18 Å². The van der Waals surface area contributed by atoms with Crippen LogP contribution >= 0.6 is 11.3 Å². The molecule has 1 aromatic heterocycles. The Hall–Kier alpha value is -1.68. The van der Waals surface area contributed by atoms with E-state index in [9.17, 15) is 9.18 Å². The van der Waals surface area contributed by atoms with Gasteiger partial charge in [-0.05, 0) is 54.0 Å². The molecule has 2 heterocycles. The summed E-state index contributed by atoms with van der Waals surface area (Å²) in [6, 6.07) is 6.61. The third kappa shape index (κ3) is 2.26. The van der Waals surface area contributed by atoms with Crippen molar-refractivity contribution in [2.45, 2.75) is 38.5 Å². The van der Waals surface area contributed by atoms with Crippen LogP contribution in [-0.4, -0.2) is 5.91 Å². The van der Waals surface area contributed by atoms with Gasteiger partial charge in [-0.25, -0.2) is 4.39 Å². The average Bonchev–Trinajstić information content (AvgIpc) is 2.84. The maximum atomic E-state index is 13.2. The van der Waals surface area contributed by atoms with Crippen LogP contribution in [0.1, 0.15) is 47.3 Å². The maximum Gasteiger partial charge on any atom is 0.225 e. The molecule has 22 heavy (non-hydrogen) atoms. The van der Waals surface area contributed by atoms with E-state index in [2.05, 4.69) is 12.2 Å². The molecular weight excluding hydrogens is 297 g/mol. The number of amides is 1. The summed E-state index contributed by atoms with van der Waals surface area (Å²) < 4.78 is 13.2. The van der Waals surface area contributed by atoms with Crippen molar-refractivity contribution in [2.24, 2.45) is 5.92 Å². The number of anilines is 1. The SMILES string of the molecule is CC1CCc2c(sc3c2C(c2ccc(F)cc2)CC(=O)N3)C1. The Morgan fingerprint density at radius 3 is 2.77 bits per heavy atom. The second-order valence-corrected chi connectivity index (χ2v) is 7.56. The highest BCUT2D eigenvalue weighted by atomic mass is 32.1. The fourth-order valence-electron chi connectivity index (χ4n) is 3.68. The number of rotatable bonds is 1. The zero-order valence-electron chi connectivity index (χ0n) is 12.5. The molecule has 0 radical (unpaired) electrons. The van der Waals surface area contributed by atoms with Crippen LogP contribution in [0.2, 0.25) is 0 Å². The molecule has 0 spiro atoms. The van der Waals surface area contributed by atoms with E-state index < -0.39 is 0 Å². The summed E-state index contributed by atoms with van der Waals surface area (Å²) in [7, 11) is 0. The fraction of sp³-hybridized carbons (Fsp3) is 0.389. The number of hydrogen-bond acceptors (Lipinski definition) is 2. The molecule has 2 nitrogen and oxygen atoms in total. The Labute approximate surface area is 133 Å². The Kier molecular flexibility index (Phi) is 3.30. The lowest BCUT2D eigenvalue weighted by atomic mass is 9.80. The molecule has 0 saturated heterocycles. The highest BCUT2D eigenvalue weighted by molar-refractivity contribution is 7.16. The van der Waals surface area contributed by atoms with Crippen molar-refractivity contribution in [1.82, 2.24) is 0 Å². The lowest BCUT2D eigenvalue weighted by Crippen LogP contribution is -2.23. The van der Waals surface area contributed by atoms with E-state index in [1.165, 1.54) is 34.6 Å². The average molecular weight is 315 g/mol. The molecule has 2 atom stereocenters. The quantitative estimate of drug-likeness (QED) is 0.825. The van der Waals surface area contributed by atoms with Crippen LogP contribution in [0.4, 0.5) is 9.39 Å². The van der Waals surface area contributed by atoms with E-state index in [0.29, 0.717) is 12.3 Å². The summed E-state index contributed by atoms with van der Waals surface area (Å²) in [6.45, 7) is 2.29. The molecule has 2 aromatic rings. The monoisotopic (exact) mass is 315 g/mol. The van der Waals surface area contributed by atoms with Gasteiger partial charge >= 0.3 is 0 Å². The van der Waals surface area contributed by atoms with Crippen molar-refractivity contribution in [3.05, 3.63) is 51.7 Å². The van der Waals surface area contributed by atoms with Crippen molar-refractivity contribution in [1.29, 1.82) is 0 Å². The summed E-state index contributed by atoms with van der Waals surface area (Å²) in [5.41, 5.74) is 3.77. The molecule has 1 N–H and O–H groups in total. The number of carbonyl (C=O) groups is 1. The van der Waals surface area contributed by atoms with Gasteiger partial charge < -0.3 is 5.32 Å². The van der Waals surface area contributed by atoms with Crippen LogP contribution in [0.3, 0.4) is 0 Å². The maximum absolute atomic E-state index is 13.2. The highest BCUT2D eigenvalue weighted by Gasteiger charge is 2.34. The zero-order valence-corrected chi connectivity index (χ0v) is 13.3. The first-order valence-electron chi connectivity index (χ1n) is 7.81. The number of halogens is 1. The first-order valence-corrected chi connectivity index (χ1v) is 8.63. The minimum Gasteiger partial charge on any atom is -0.317 e. The molecular formula is C18H18FNOS. The topological polar surface area (TPSA) is 29.1 Å². The number of benzene rings is 1. The van der Waals surface area contributed by atoms with E-state index in [0.717, 1.165) is 23.4 Å². The van der Waals surface area contributed by atoms with E-state index in [-0.39, 0.29) is 17.6 Å². The molecule has 1 aliphatic heterocycles. The Morgan fingerprint density at radius 1 is 1.23 bits per heavy atom. The van der Waals surface area contributed by atoms with Gasteiger partial charge in [-0.15, -0.1) is 11.3 Å². The number of hydrogen-bond donors (Lipinski definition) is 1. The van der Waals surface area contributed by atoms with Gasteiger partial charge in [0.15, 0.2) is 0 Å². The number of thiophene rings is 1. The van der Waals surface area contributed by atoms with E-state index in [1.807, 2.05) is 12.1 Å². The molecule has 4 heteroatoms. The number of fused-ring (bicyclic) bond motifs is 3. The predicted octanol–water partition coefficient (Wildman–Crippen LogP) is 4.49. The first kappa shape index (κ1) is 13.9. The highest BCUT2D eigenvalue weighted by Crippen LogP contribution is 2.48. The molecule has 2 aliphatic rings. The Balaban J connectivity index is 1.82. The molecule has 1 amide bonds. The number of nitrogens with one attached hydrogen (secondary N) is 1. The first-order chi connectivity index (χ1) is 10.6. The Bertz CT molecular complexity index is 734. The largest absolute Gasteiger partial charge is 0.317 e. The molecule has 1 aromatic carbocycles. The molecule has 0 saturated carbocycles. The van der Waals surface area contributed by atoms with Gasteiger partial charge in [-0.3, -0.25) is 4.79 Å². The van der Waals surface area contributed by atoms with Crippen molar-refractivity contribution in [3.8, 4) is 0 Å². The minimum absolute atomic E-state index is 0.0634. The van der Waals surface area contributed by atoms with Crippen LogP contribution in [0.5, 0.6) is 0 Å². The van der Waals surface area contributed by atoms with Crippen LogP contribution in [0.15, 0.2) is 24.3 Å². The van der Waals surface area contributed by atoms with Crippen molar-refractivity contribution >= 4 is 22.2 Å². The van der Waals surface area contributed by atoms with Gasteiger partial charge in [0.2, 0.25) is 5.91 Å². The summed E-state index contributed by atoms with van der Waals surface area (Å²) >= 11 is 1.74. The van der Waals surface area contributed by atoms with E-state index in [1.54, 1.807) is 11.3 Å². The molecule has 0 bridgehead atoms. The van der Waals surface area contributed by atoms with Crippen LogP contribution in [-0.2, 0) is 17.6 Å². The van der Waals surface area contributed by atoms with Crippen LogP contribution < -0.4 is 5.32 Å². The predicted molar refractivity (Wildman–Crippen MR) is 87.0 cm³/mol. The summed E-state index contributed by atoms with van der Waals surface area (Å²) in [5.74, 6) is 0.615. The summed E-state index contributed by atoms with van der Waals surface area (Å²) in [4.78, 5) is 13.5.